The molecule has 1 N–H and O–H groups in total. The molecule has 0 aliphatic carbocycles. The van der Waals surface area contributed by atoms with E-state index in [0.29, 0.717) is 0 Å². The Hall–Kier alpha value is -2.60. The Bertz CT molecular complexity index is 1110. The summed E-state index contributed by atoms with van der Waals surface area (Å²) in [5.41, 5.74) is 5.85. The number of halogens is 2. The van der Waals surface area contributed by atoms with Gasteiger partial charge in [-0.1, -0.05) is 47.5 Å². The lowest BCUT2D eigenvalue weighted by atomic mass is 9.89. The molecule has 5 rings (SSSR count). The van der Waals surface area contributed by atoms with Gasteiger partial charge in [-0.25, -0.2) is 4.68 Å². The maximum atomic E-state index is 6.13. The lowest BCUT2D eigenvalue weighted by Gasteiger charge is -2.38. The first-order chi connectivity index (χ1) is 14.1. The topological polar surface area (TPSA) is 46.0 Å². The van der Waals surface area contributed by atoms with Crippen LogP contribution in [-0.2, 0) is 0 Å². The Balaban J connectivity index is 1.65. The highest BCUT2D eigenvalue weighted by Gasteiger charge is 2.34. The van der Waals surface area contributed by atoms with Crippen LogP contribution in [0.4, 0.5) is 5.95 Å². The largest absolute Gasteiger partial charge is 0.324 e. The van der Waals surface area contributed by atoms with Crippen LogP contribution in [-0.4, -0.2) is 39.8 Å². The molecule has 0 radical (unpaired) electrons. The van der Waals surface area contributed by atoms with Crippen LogP contribution in [0.25, 0.3) is 6.08 Å². The highest BCUT2D eigenvalue weighted by Crippen LogP contribution is 2.40. The van der Waals surface area contributed by atoms with Gasteiger partial charge in [0.2, 0.25) is 5.95 Å². The number of nitrogens with zero attached hydrogens (tertiary/aromatic N) is 4. The molecule has 2 aliphatic rings. The summed E-state index contributed by atoms with van der Waals surface area (Å²) in [6, 6.07) is 15.8. The van der Waals surface area contributed by atoms with Crippen molar-refractivity contribution in [3.05, 3.63) is 92.9 Å². The van der Waals surface area contributed by atoms with E-state index in [-0.39, 0.29) is 6.04 Å². The van der Waals surface area contributed by atoms with Gasteiger partial charge in [0.25, 0.3) is 0 Å². The van der Waals surface area contributed by atoms with Crippen LogP contribution in [0.5, 0.6) is 0 Å². The lowest BCUT2D eigenvalue weighted by Crippen LogP contribution is -2.38. The second-order valence-corrected chi connectivity index (χ2v) is 8.27. The van der Waals surface area contributed by atoms with Crippen molar-refractivity contribution in [1.82, 2.24) is 19.7 Å². The fourth-order valence-corrected chi connectivity index (χ4v) is 4.29. The van der Waals surface area contributed by atoms with Crippen LogP contribution in [0.1, 0.15) is 17.2 Å². The van der Waals surface area contributed by atoms with Crippen LogP contribution in [0.2, 0.25) is 10.0 Å². The Kier molecular flexibility index (Phi) is 4.66. The number of hydrogen-bond donors (Lipinski definition) is 1. The maximum absolute atomic E-state index is 6.13. The molecule has 7 heteroatoms. The van der Waals surface area contributed by atoms with Crippen LogP contribution < -0.4 is 5.32 Å². The molecular weight excluding hydrogens is 405 g/mol. The van der Waals surface area contributed by atoms with Gasteiger partial charge in [0.05, 0.1) is 0 Å². The van der Waals surface area contributed by atoms with Crippen molar-refractivity contribution in [2.24, 2.45) is 0 Å². The second-order valence-electron chi connectivity index (χ2n) is 7.40. The summed E-state index contributed by atoms with van der Waals surface area (Å²) >= 11 is 12.2. The molecule has 0 saturated carbocycles. The molecule has 0 saturated heterocycles. The third kappa shape index (κ3) is 3.46. The normalized spacial score (nSPS) is 20.4. The SMILES string of the molecule is CN1CC2=C(Nc3ncnn3C2c2ccc(Cl)cc2)/C(=C/c2ccc(Cl)cc2)C1. The molecule has 5 nitrogen and oxygen atoms in total. The van der Waals surface area contributed by atoms with Gasteiger partial charge in [-0.05, 0) is 59.7 Å². The van der Waals surface area contributed by atoms with Gasteiger partial charge in [0, 0.05) is 28.8 Å². The molecule has 2 aliphatic heterocycles. The molecule has 2 aromatic carbocycles. The van der Waals surface area contributed by atoms with Gasteiger partial charge in [0.1, 0.15) is 12.4 Å². The van der Waals surface area contributed by atoms with Gasteiger partial charge in [-0.2, -0.15) is 10.1 Å². The monoisotopic (exact) mass is 423 g/mol. The number of hydrogen-bond acceptors (Lipinski definition) is 4. The molecule has 0 fully saturated rings. The smallest absolute Gasteiger partial charge is 0.226 e. The molecule has 1 aromatic heterocycles. The van der Waals surface area contributed by atoms with E-state index in [4.69, 9.17) is 23.2 Å². The summed E-state index contributed by atoms with van der Waals surface area (Å²) in [7, 11) is 2.13. The summed E-state index contributed by atoms with van der Waals surface area (Å²) in [5.74, 6) is 0.746. The van der Waals surface area contributed by atoms with Crippen molar-refractivity contribution in [2.75, 3.05) is 25.5 Å². The summed E-state index contributed by atoms with van der Waals surface area (Å²) < 4.78 is 1.95. The van der Waals surface area contributed by atoms with Gasteiger partial charge >= 0.3 is 0 Å². The first kappa shape index (κ1) is 18.4. The van der Waals surface area contributed by atoms with E-state index >= 15 is 0 Å². The van der Waals surface area contributed by atoms with E-state index in [9.17, 15) is 0 Å². The predicted octanol–water partition coefficient (Wildman–Crippen LogP) is 4.88. The average molecular weight is 424 g/mol. The van der Waals surface area contributed by atoms with Crippen LogP contribution in [0, 0.1) is 0 Å². The van der Waals surface area contributed by atoms with Gasteiger partial charge in [-0.15, -0.1) is 0 Å². The second kappa shape index (κ2) is 7.34. The van der Waals surface area contributed by atoms with Gasteiger partial charge in [-0.3, -0.25) is 4.90 Å². The molecule has 0 spiro atoms. The van der Waals surface area contributed by atoms with Crippen LogP contribution >= 0.6 is 23.2 Å². The molecule has 1 unspecified atom stereocenters. The Morgan fingerprint density at radius 2 is 1.69 bits per heavy atom. The Morgan fingerprint density at radius 3 is 2.41 bits per heavy atom. The van der Waals surface area contributed by atoms with E-state index in [1.807, 2.05) is 41.1 Å². The number of fused-ring (bicyclic) bond motifs is 1. The average Bonchev–Trinajstić information content (AvgIpc) is 3.17. The Labute approximate surface area is 179 Å². The minimum absolute atomic E-state index is 0.0302. The molecule has 3 aromatic rings. The maximum Gasteiger partial charge on any atom is 0.226 e. The van der Waals surface area contributed by atoms with Crippen molar-refractivity contribution < 1.29 is 0 Å². The molecular formula is C22H19Cl2N5. The van der Waals surface area contributed by atoms with Crippen molar-refractivity contribution in [3.63, 3.8) is 0 Å². The first-order valence-electron chi connectivity index (χ1n) is 9.38. The number of likely N-dealkylation sites (N-methyl/N-ethyl adjacent to an activating group) is 1. The fraction of sp³-hybridized carbons (Fsp3) is 0.182. The van der Waals surface area contributed by atoms with E-state index in [1.165, 1.54) is 11.1 Å². The fourth-order valence-electron chi connectivity index (χ4n) is 4.04. The lowest BCUT2D eigenvalue weighted by molar-refractivity contribution is 0.360. The molecule has 0 amide bonds. The quantitative estimate of drug-likeness (QED) is 0.637. The zero-order valence-electron chi connectivity index (χ0n) is 15.8. The summed E-state index contributed by atoms with van der Waals surface area (Å²) in [6.45, 7) is 1.68. The van der Waals surface area contributed by atoms with Crippen molar-refractivity contribution in [1.29, 1.82) is 0 Å². The minimum atomic E-state index is -0.0302. The number of benzene rings is 2. The van der Waals surface area contributed by atoms with E-state index < -0.39 is 0 Å². The Morgan fingerprint density at radius 1 is 1.00 bits per heavy atom. The first-order valence-corrected chi connectivity index (χ1v) is 10.1. The van der Waals surface area contributed by atoms with E-state index in [0.717, 1.165) is 45.9 Å². The van der Waals surface area contributed by atoms with Gasteiger partial charge < -0.3 is 5.32 Å². The predicted molar refractivity (Wildman–Crippen MR) is 117 cm³/mol. The van der Waals surface area contributed by atoms with Gasteiger partial charge in [0.15, 0.2) is 0 Å². The number of anilines is 1. The third-order valence-corrected chi connectivity index (χ3v) is 5.81. The standard InChI is InChI=1S/C22H19Cl2N5/c1-28-11-16(10-14-2-6-17(23)7-3-14)20-19(12-28)21(15-4-8-18(24)9-5-15)29-22(27-20)25-13-26-29/h2-10,13,21H,11-12H2,1H3,(H,25,26,27)/b16-10+. The van der Waals surface area contributed by atoms with Crippen molar-refractivity contribution in [2.45, 2.75) is 6.04 Å². The molecule has 0 bridgehead atoms. The highest BCUT2D eigenvalue weighted by atomic mass is 35.5. The molecule has 1 atom stereocenters. The number of aromatic nitrogens is 3. The highest BCUT2D eigenvalue weighted by molar-refractivity contribution is 6.30. The van der Waals surface area contributed by atoms with E-state index in [1.54, 1.807) is 6.33 Å². The molecule has 29 heavy (non-hydrogen) atoms. The molecule has 3 heterocycles. The molecule has 146 valence electrons. The zero-order valence-corrected chi connectivity index (χ0v) is 17.3. The van der Waals surface area contributed by atoms with Crippen LogP contribution in [0.3, 0.4) is 0 Å². The van der Waals surface area contributed by atoms with E-state index in [2.05, 4.69) is 45.6 Å². The van der Waals surface area contributed by atoms with Crippen LogP contribution in [0.15, 0.2) is 71.7 Å². The van der Waals surface area contributed by atoms with Crippen molar-refractivity contribution in [3.8, 4) is 0 Å². The number of rotatable bonds is 2. The minimum Gasteiger partial charge on any atom is -0.324 e. The summed E-state index contributed by atoms with van der Waals surface area (Å²) in [4.78, 5) is 6.75. The summed E-state index contributed by atoms with van der Waals surface area (Å²) in [6.07, 6.45) is 3.80. The van der Waals surface area contributed by atoms with Crippen molar-refractivity contribution >= 4 is 35.2 Å². The zero-order chi connectivity index (χ0) is 20.0. The third-order valence-electron chi connectivity index (χ3n) is 5.30. The summed E-state index contributed by atoms with van der Waals surface area (Å²) in [5, 5.41) is 9.47. The number of nitrogens with one attached hydrogen (secondary N) is 1.